The summed E-state index contributed by atoms with van der Waals surface area (Å²) in [6.45, 7) is 3.14. The van der Waals surface area contributed by atoms with Crippen LogP contribution in [0.1, 0.15) is 12.5 Å². The van der Waals surface area contributed by atoms with Crippen molar-refractivity contribution < 1.29 is 0 Å². The molecular weight excluding hydrogens is 229 g/mol. The standard InChI is InChI=1S/C12H13Cl2N/c1-8-6-15-7-10(8)4-9-2-3-11(13)12(14)5-9/h2-3,5-6,8,10H,4,7H2,1H3. The molecule has 0 aromatic heterocycles. The number of rotatable bonds is 2. The van der Waals surface area contributed by atoms with Gasteiger partial charge in [0.25, 0.3) is 0 Å². The highest BCUT2D eigenvalue weighted by Gasteiger charge is 2.20. The van der Waals surface area contributed by atoms with Gasteiger partial charge in [-0.25, -0.2) is 0 Å². The first-order valence-corrected chi connectivity index (χ1v) is 5.86. The van der Waals surface area contributed by atoms with Crippen LogP contribution >= 0.6 is 23.2 Å². The summed E-state index contributed by atoms with van der Waals surface area (Å²) < 4.78 is 0. The van der Waals surface area contributed by atoms with Gasteiger partial charge in [-0.05, 0) is 36.0 Å². The summed E-state index contributed by atoms with van der Waals surface area (Å²) in [5.41, 5.74) is 1.24. The lowest BCUT2D eigenvalue weighted by Crippen LogP contribution is -2.12. The largest absolute Gasteiger partial charge is 0.297 e. The summed E-state index contributed by atoms with van der Waals surface area (Å²) in [7, 11) is 0. The molecule has 1 nitrogen and oxygen atoms in total. The van der Waals surface area contributed by atoms with E-state index in [0.29, 0.717) is 21.9 Å². The Kier molecular flexibility index (Phi) is 3.32. The van der Waals surface area contributed by atoms with Crippen LogP contribution in [0.2, 0.25) is 10.0 Å². The van der Waals surface area contributed by atoms with E-state index in [9.17, 15) is 0 Å². The second kappa shape index (κ2) is 4.54. The average molecular weight is 242 g/mol. The monoisotopic (exact) mass is 241 g/mol. The molecule has 0 saturated heterocycles. The summed E-state index contributed by atoms with van der Waals surface area (Å²) in [5, 5.41) is 1.26. The summed E-state index contributed by atoms with van der Waals surface area (Å²) in [5.74, 6) is 1.18. The van der Waals surface area contributed by atoms with E-state index >= 15 is 0 Å². The molecule has 1 aliphatic rings. The molecule has 1 aromatic rings. The average Bonchev–Trinajstić information content (AvgIpc) is 2.59. The SMILES string of the molecule is CC1C=NCC1Cc1ccc(Cl)c(Cl)c1. The predicted octanol–water partition coefficient (Wildman–Crippen LogP) is 3.87. The zero-order chi connectivity index (χ0) is 10.8. The molecule has 0 N–H and O–H groups in total. The first-order chi connectivity index (χ1) is 7.16. The van der Waals surface area contributed by atoms with Crippen molar-refractivity contribution >= 4 is 29.4 Å². The number of aliphatic imine (C=N–C) groups is 1. The van der Waals surface area contributed by atoms with Gasteiger partial charge in [-0.1, -0.05) is 36.2 Å². The topological polar surface area (TPSA) is 12.4 Å². The van der Waals surface area contributed by atoms with E-state index in [4.69, 9.17) is 23.2 Å². The third-order valence-electron chi connectivity index (χ3n) is 2.91. The van der Waals surface area contributed by atoms with Crippen LogP contribution in [0.25, 0.3) is 0 Å². The highest BCUT2D eigenvalue weighted by molar-refractivity contribution is 6.42. The second-order valence-corrected chi connectivity index (χ2v) is 4.90. The highest BCUT2D eigenvalue weighted by Crippen LogP contribution is 2.26. The lowest BCUT2D eigenvalue weighted by molar-refractivity contribution is 0.486. The Bertz CT molecular complexity index is 387. The smallest absolute Gasteiger partial charge is 0.0595 e. The molecule has 2 rings (SSSR count). The normalized spacial score (nSPS) is 24.7. The van der Waals surface area contributed by atoms with Gasteiger partial charge in [-0.2, -0.15) is 0 Å². The van der Waals surface area contributed by atoms with Gasteiger partial charge in [0.1, 0.15) is 0 Å². The molecule has 0 fully saturated rings. The quantitative estimate of drug-likeness (QED) is 0.746. The van der Waals surface area contributed by atoms with Crippen LogP contribution < -0.4 is 0 Å². The Labute approximate surface area is 100 Å². The number of nitrogens with zero attached hydrogens (tertiary/aromatic N) is 1. The van der Waals surface area contributed by atoms with Crippen LogP contribution in [0.5, 0.6) is 0 Å². The number of benzene rings is 1. The van der Waals surface area contributed by atoms with Gasteiger partial charge < -0.3 is 0 Å². The second-order valence-electron chi connectivity index (χ2n) is 4.09. The minimum Gasteiger partial charge on any atom is -0.297 e. The number of hydrogen-bond donors (Lipinski definition) is 0. The lowest BCUT2D eigenvalue weighted by Gasteiger charge is -2.13. The van der Waals surface area contributed by atoms with Crippen molar-refractivity contribution in [1.82, 2.24) is 0 Å². The molecule has 2 unspecified atom stereocenters. The molecule has 0 amide bonds. The van der Waals surface area contributed by atoms with Crippen LogP contribution in [0.15, 0.2) is 23.2 Å². The molecule has 1 aliphatic heterocycles. The fourth-order valence-electron chi connectivity index (χ4n) is 1.87. The Morgan fingerprint density at radius 3 is 2.73 bits per heavy atom. The van der Waals surface area contributed by atoms with Gasteiger partial charge in [0.05, 0.1) is 10.0 Å². The molecule has 0 spiro atoms. The molecule has 1 aromatic carbocycles. The molecular formula is C12H13Cl2N. The van der Waals surface area contributed by atoms with Gasteiger partial charge in [0.15, 0.2) is 0 Å². The Hall–Kier alpha value is -0.530. The van der Waals surface area contributed by atoms with E-state index in [1.807, 2.05) is 24.4 Å². The maximum atomic E-state index is 5.97. The predicted molar refractivity (Wildman–Crippen MR) is 66.2 cm³/mol. The van der Waals surface area contributed by atoms with Crippen LogP contribution in [-0.2, 0) is 6.42 Å². The van der Waals surface area contributed by atoms with Crippen molar-refractivity contribution in [2.45, 2.75) is 13.3 Å². The van der Waals surface area contributed by atoms with Crippen molar-refractivity contribution in [2.24, 2.45) is 16.8 Å². The number of halogens is 2. The van der Waals surface area contributed by atoms with Crippen LogP contribution in [0.3, 0.4) is 0 Å². The molecule has 15 heavy (non-hydrogen) atoms. The van der Waals surface area contributed by atoms with Gasteiger partial charge in [-0.3, -0.25) is 4.99 Å². The summed E-state index contributed by atoms with van der Waals surface area (Å²) in [4.78, 5) is 4.30. The minimum absolute atomic E-state index is 0.569. The maximum Gasteiger partial charge on any atom is 0.0595 e. The van der Waals surface area contributed by atoms with Gasteiger partial charge in [0.2, 0.25) is 0 Å². The maximum absolute atomic E-state index is 5.97. The van der Waals surface area contributed by atoms with E-state index in [1.165, 1.54) is 5.56 Å². The Balaban J connectivity index is 2.08. The molecule has 2 atom stereocenters. The number of hydrogen-bond acceptors (Lipinski definition) is 1. The van der Waals surface area contributed by atoms with Crippen molar-refractivity contribution in [2.75, 3.05) is 6.54 Å². The molecule has 0 bridgehead atoms. The van der Waals surface area contributed by atoms with Crippen molar-refractivity contribution in [3.8, 4) is 0 Å². The van der Waals surface area contributed by atoms with Gasteiger partial charge in [-0.15, -0.1) is 0 Å². The Morgan fingerprint density at radius 2 is 2.13 bits per heavy atom. The lowest BCUT2D eigenvalue weighted by atomic mass is 9.91. The third kappa shape index (κ3) is 2.53. The zero-order valence-corrected chi connectivity index (χ0v) is 10.1. The molecule has 1 heterocycles. The van der Waals surface area contributed by atoms with Crippen LogP contribution in [0.4, 0.5) is 0 Å². The van der Waals surface area contributed by atoms with Crippen molar-refractivity contribution in [3.05, 3.63) is 33.8 Å². The fourth-order valence-corrected chi connectivity index (χ4v) is 2.19. The van der Waals surface area contributed by atoms with E-state index in [-0.39, 0.29) is 0 Å². The van der Waals surface area contributed by atoms with E-state index in [2.05, 4.69) is 11.9 Å². The molecule has 0 aliphatic carbocycles. The molecule has 3 heteroatoms. The minimum atomic E-state index is 0.569. The fraction of sp³-hybridized carbons (Fsp3) is 0.417. The van der Waals surface area contributed by atoms with E-state index < -0.39 is 0 Å². The van der Waals surface area contributed by atoms with Gasteiger partial charge in [0, 0.05) is 12.8 Å². The third-order valence-corrected chi connectivity index (χ3v) is 3.64. The van der Waals surface area contributed by atoms with Crippen molar-refractivity contribution in [1.29, 1.82) is 0 Å². The van der Waals surface area contributed by atoms with E-state index in [1.54, 1.807) is 0 Å². The molecule has 80 valence electrons. The zero-order valence-electron chi connectivity index (χ0n) is 8.58. The first-order valence-electron chi connectivity index (χ1n) is 5.10. The van der Waals surface area contributed by atoms with Crippen LogP contribution in [-0.4, -0.2) is 12.8 Å². The van der Waals surface area contributed by atoms with Crippen LogP contribution in [0, 0.1) is 11.8 Å². The molecule has 0 saturated carbocycles. The van der Waals surface area contributed by atoms with E-state index in [0.717, 1.165) is 13.0 Å². The van der Waals surface area contributed by atoms with Crippen molar-refractivity contribution in [3.63, 3.8) is 0 Å². The summed E-state index contributed by atoms with van der Waals surface area (Å²) in [6, 6.07) is 5.86. The van der Waals surface area contributed by atoms with Gasteiger partial charge >= 0.3 is 0 Å². The summed E-state index contributed by atoms with van der Waals surface area (Å²) >= 11 is 11.8. The highest BCUT2D eigenvalue weighted by atomic mass is 35.5. The molecule has 0 radical (unpaired) electrons. The first kappa shape index (κ1) is 11.0. The Morgan fingerprint density at radius 1 is 1.33 bits per heavy atom. The summed E-state index contributed by atoms with van der Waals surface area (Å²) in [6.07, 6.45) is 3.07.